The Kier molecular flexibility index (Phi) is 8.05. The summed E-state index contributed by atoms with van der Waals surface area (Å²) in [6.45, 7) is 6.94. The molecule has 0 aliphatic carbocycles. The molecule has 178 valence electrons. The van der Waals surface area contributed by atoms with Crippen LogP contribution in [0.3, 0.4) is 0 Å². The van der Waals surface area contributed by atoms with Crippen LogP contribution in [-0.2, 0) is 11.2 Å². The van der Waals surface area contributed by atoms with Gasteiger partial charge in [-0.1, -0.05) is 18.2 Å². The molecule has 1 aromatic heterocycles. The molecule has 4 rings (SSSR count). The van der Waals surface area contributed by atoms with Crippen LogP contribution in [0.25, 0.3) is 0 Å². The highest BCUT2D eigenvalue weighted by molar-refractivity contribution is 5.76. The van der Waals surface area contributed by atoms with E-state index in [2.05, 4.69) is 25.8 Å². The molecular formula is C26H36N4O3. The second kappa shape index (κ2) is 11.4. The molecule has 2 fully saturated rings. The van der Waals surface area contributed by atoms with Crippen LogP contribution in [0.5, 0.6) is 11.5 Å². The van der Waals surface area contributed by atoms with Crippen LogP contribution in [0.1, 0.15) is 24.8 Å². The summed E-state index contributed by atoms with van der Waals surface area (Å²) >= 11 is 0. The SMILES string of the molecule is COc1cccc(CCC(=O)N2CCCC(CN3CCN(c4ccccn4)CC3)C2)c1OC. The van der Waals surface area contributed by atoms with E-state index in [4.69, 9.17) is 9.47 Å². The van der Waals surface area contributed by atoms with Crippen molar-refractivity contribution >= 4 is 11.7 Å². The number of piperazine rings is 1. The van der Waals surface area contributed by atoms with Gasteiger partial charge in [-0.05, 0) is 48.9 Å². The van der Waals surface area contributed by atoms with E-state index in [1.54, 1.807) is 14.2 Å². The number of para-hydroxylation sites is 1. The number of carbonyl (C=O) groups is 1. The van der Waals surface area contributed by atoms with Gasteiger partial charge in [-0.3, -0.25) is 9.69 Å². The summed E-state index contributed by atoms with van der Waals surface area (Å²) in [6.07, 6.45) is 5.31. The molecule has 7 nitrogen and oxygen atoms in total. The molecule has 2 aliphatic rings. The third-order valence-electron chi connectivity index (χ3n) is 6.83. The Hall–Kier alpha value is -2.80. The predicted octanol–water partition coefficient (Wildman–Crippen LogP) is 3.09. The first kappa shape index (κ1) is 23.4. The van der Waals surface area contributed by atoms with Crippen molar-refractivity contribution in [3.05, 3.63) is 48.2 Å². The molecule has 0 bridgehead atoms. The standard InChI is InChI=1S/C26H36N4O3/c1-32-23-9-5-8-22(26(23)33-2)11-12-25(31)30-14-6-7-21(20-30)19-28-15-17-29(18-16-28)24-10-3-4-13-27-24/h3-5,8-10,13,21H,6-7,11-12,14-20H2,1-2H3. The molecule has 3 heterocycles. The number of methoxy groups -OCH3 is 2. The summed E-state index contributed by atoms with van der Waals surface area (Å²) in [5, 5.41) is 0. The zero-order valence-electron chi connectivity index (χ0n) is 19.9. The number of piperidine rings is 1. The van der Waals surface area contributed by atoms with Gasteiger partial charge in [0.25, 0.3) is 0 Å². The Labute approximate surface area is 197 Å². The summed E-state index contributed by atoms with van der Waals surface area (Å²) in [5.41, 5.74) is 1.02. The Morgan fingerprint density at radius 3 is 2.61 bits per heavy atom. The van der Waals surface area contributed by atoms with Crippen molar-refractivity contribution in [2.24, 2.45) is 5.92 Å². The van der Waals surface area contributed by atoms with E-state index >= 15 is 0 Å². The fraction of sp³-hybridized carbons (Fsp3) is 0.538. The highest BCUT2D eigenvalue weighted by atomic mass is 16.5. The van der Waals surface area contributed by atoms with Crippen LogP contribution in [0.2, 0.25) is 0 Å². The molecule has 1 amide bonds. The Morgan fingerprint density at radius 1 is 1.03 bits per heavy atom. The average Bonchev–Trinajstić information content (AvgIpc) is 2.88. The van der Waals surface area contributed by atoms with Gasteiger partial charge in [0.1, 0.15) is 5.82 Å². The number of rotatable bonds is 8. The monoisotopic (exact) mass is 452 g/mol. The molecular weight excluding hydrogens is 416 g/mol. The second-order valence-electron chi connectivity index (χ2n) is 8.98. The van der Waals surface area contributed by atoms with Crippen LogP contribution >= 0.6 is 0 Å². The lowest BCUT2D eigenvalue weighted by atomic mass is 9.96. The molecule has 1 atom stereocenters. The van der Waals surface area contributed by atoms with Gasteiger partial charge in [0.15, 0.2) is 11.5 Å². The number of hydrogen-bond donors (Lipinski definition) is 0. The number of aromatic nitrogens is 1. The van der Waals surface area contributed by atoms with Gasteiger partial charge in [0.2, 0.25) is 5.91 Å². The number of amides is 1. The zero-order chi connectivity index (χ0) is 23.0. The third-order valence-corrected chi connectivity index (χ3v) is 6.83. The van der Waals surface area contributed by atoms with Gasteiger partial charge in [-0.2, -0.15) is 0 Å². The van der Waals surface area contributed by atoms with E-state index in [1.165, 1.54) is 6.42 Å². The molecule has 2 aliphatic heterocycles. The van der Waals surface area contributed by atoms with Crippen molar-refractivity contribution < 1.29 is 14.3 Å². The molecule has 0 spiro atoms. The van der Waals surface area contributed by atoms with Gasteiger partial charge >= 0.3 is 0 Å². The lowest BCUT2D eigenvalue weighted by Gasteiger charge is -2.39. The van der Waals surface area contributed by atoms with Crippen molar-refractivity contribution in [3.8, 4) is 11.5 Å². The van der Waals surface area contributed by atoms with Gasteiger partial charge in [0.05, 0.1) is 14.2 Å². The molecule has 2 aromatic rings. The molecule has 1 unspecified atom stereocenters. The highest BCUT2D eigenvalue weighted by Gasteiger charge is 2.27. The lowest BCUT2D eigenvalue weighted by Crippen LogP contribution is -2.50. The molecule has 0 N–H and O–H groups in total. The largest absolute Gasteiger partial charge is 0.493 e. The van der Waals surface area contributed by atoms with Crippen LogP contribution in [-0.4, -0.2) is 80.7 Å². The number of nitrogens with zero attached hydrogens (tertiary/aromatic N) is 4. The molecule has 7 heteroatoms. The third kappa shape index (κ3) is 5.96. The number of aryl methyl sites for hydroxylation is 1. The summed E-state index contributed by atoms with van der Waals surface area (Å²) < 4.78 is 10.9. The van der Waals surface area contributed by atoms with Crippen LogP contribution in [0, 0.1) is 5.92 Å². The highest BCUT2D eigenvalue weighted by Crippen LogP contribution is 2.31. The minimum atomic E-state index is 0.240. The summed E-state index contributed by atoms with van der Waals surface area (Å²) in [6, 6.07) is 11.9. The van der Waals surface area contributed by atoms with Crippen molar-refractivity contribution in [2.45, 2.75) is 25.7 Å². The Bertz CT molecular complexity index is 900. The molecule has 33 heavy (non-hydrogen) atoms. The summed E-state index contributed by atoms with van der Waals surface area (Å²) in [4.78, 5) is 24.5. The first-order chi connectivity index (χ1) is 16.2. The molecule has 1 aromatic carbocycles. The Morgan fingerprint density at radius 2 is 1.88 bits per heavy atom. The number of hydrogen-bond acceptors (Lipinski definition) is 6. The maximum absolute atomic E-state index is 13.0. The quantitative estimate of drug-likeness (QED) is 0.614. The van der Waals surface area contributed by atoms with Gasteiger partial charge in [0, 0.05) is 58.4 Å². The van der Waals surface area contributed by atoms with Gasteiger partial charge in [-0.15, -0.1) is 0 Å². The van der Waals surface area contributed by atoms with E-state index in [1.807, 2.05) is 36.5 Å². The molecule has 0 saturated carbocycles. The van der Waals surface area contributed by atoms with E-state index in [9.17, 15) is 4.79 Å². The first-order valence-electron chi connectivity index (χ1n) is 12.0. The number of likely N-dealkylation sites (tertiary alicyclic amines) is 1. The smallest absolute Gasteiger partial charge is 0.222 e. The van der Waals surface area contributed by atoms with Crippen molar-refractivity contribution in [1.29, 1.82) is 0 Å². The Balaban J connectivity index is 1.24. The van der Waals surface area contributed by atoms with Gasteiger partial charge < -0.3 is 19.3 Å². The molecule has 0 radical (unpaired) electrons. The maximum atomic E-state index is 13.0. The maximum Gasteiger partial charge on any atom is 0.222 e. The van der Waals surface area contributed by atoms with E-state index in [0.29, 0.717) is 24.5 Å². The number of ether oxygens (including phenoxy) is 2. The fourth-order valence-corrected chi connectivity index (χ4v) is 5.06. The van der Waals surface area contributed by atoms with Crippen molar-refractivity contribution in [2.75, 3.05) is 64.9 Å². The number of benzene rings is 1. The van der Waals surface area contributed by atoms with Crippen LogP contribution in [0.15, 0.2) is 42.6 Å². The first-order valence-corrected chi connectivity index (χ1v) is 12.0. The lowest BCUT2D eigenvalue weighted by molar-refractivity contribution is -0.133. The second-order valence-corrected chi connectivity index (χ2v) is 8.98. The minimum absolute atomic E-state index is 0.240. The van der Waals surface area contributed by atoms with Gasteiger partial charge in [-0.25, -0.2) is 4.98 Å². The summed E-state index contributed by atoms with van der Waals surface area (Å²) in [7, 11) is 3.29. The van der Waals surface area contributed by atoms with Crippen LogP contribution < -0.4 is 14.4 Å². The average molecular weight is 453 g/mol. The topological polar surface area (TPSA) is 58.1 Å². The van der Waals surface area contributed by atoms with Crippen molar-refractivity contribution in [1.82, 2.24) is 14.8 Å². The zero-order valence-corrected chi connectivity index (χ0v) is 19.9. The fourth-order valence-electron chi connectivity index (χ4n) is 5.06. The van der Waals surface area contributed by atoms with E-state index in [0.717, 1.165) is 69.4 Å². The predicted molar refractivity (Wildman–Crippen MR) is 130 cm³/mol. The van der Waals surface area contributed by atoms with Crippen molar-refractivity contribution in [3.63, 3.8) is 0 Å². The van der Waals surface area contributed by atoms with E-state index < -0.39 is 0 Å². The minimum Gasteiger partial charge on any atom is -0.493 e. The van der Waals surface area contributed by atoms with E-state index in [-0.39, 0.29) is 5.91 Å². The summed E-state index contributed by atoms with van der Waals surface area (Å²) in [5.74, 6) is 3.30. The van der Waals surface area contributed by atoms with Crippen LogP contribution in [0.4, 0.5) is 5.82 Å². The molecule has 2 saturated heterocycles. The number of carbonyl (C=O) groups excluding carboxylic acids is 1. The number of pyridine rings is 1. The number of anilines is 1. The normalized spacial score (nSPS) is 19.4.